The Morgan fingerprint density at radius 2 is 1.17 bits per heavy atom. The Morgan fingerprint density at radius 3 is 1.90 bits per heavy atom. The van der Waals surface area contributed by atoms with Crippen LogP contribution in [0.3, 0.4) is 0 Å². The van der Waals surface area contributed by atoms with Crippen molar-refractivity contribution in [2.75, 3.05) is 0 Å². The first-order valence-corrected chi connectivity index (χ1v) is 12.4. The highest BCUT2D eigenvalue weighted by Gasteiger charge is 2.22. The van der Waals surface area contributed by atoms with E-state index in [2.05, 4.69) is 56.7 Å². The van der Waals surface area contributed by atoms with Gasteiger partial charge in [0.2, 0.25) is 0 Å². The maximum atomic E-state index is 2.46. The highest BCUT2D eigenvalue weighted by atomic mass is 14.3. The van der Waals surface area contributed by atoms with Gasteiger partial charge in [-0.15, -0.1) is 0 Å². The first-order chi connectivity index (χ1) is 14.3. The standard InChI is InChI=1S/C29H41/c1-3-5-7-9-11-13-17-24-21-22-28-27-20-16-15-18-25(27)23-29(28)26(24)19-14-12-10-8-6-4-2/h15-16,18,20-23H,3-14,17,19H2,1-2H3. The highest BCUT2D eigenvalue weighted by molar-refractivity contribution is 5.82. The summed E-state index contributed by atoms with van der Waals surface area (Å²) in [7, 11) is 0. The van der Waals surface area contributed by atoms with Crippen LogP contribution < -0.4 is 0 Å². The van der Waals surface area contributed by atoms with Gasteiger partial charge in [-0.05, 0) is 59.1 Å². The Bertz CT molecular complexity index is 740. The molecule has 0 unspecified atom stereocenters. The maximum Gasteiger partial charge on any atom is 0.0214 e. The predicted molar refractivity (Wildman–Crippen MR) is 129 cm³/mol. The summed E-state index contributed by atoms with van der Waals surface area (Å²) < 4.78 is 0. The molecule has 0 atom stereocenters. The summed E-state index contributed by atoms with van der Waals surface area (Å²) in [5, 5.41) is 0. The molecule has 0 heteroatoms. The average Bonchev–Trinajstić information content (AvgIpc) is 3.12. The molecular weight excluding hydrogens is 348 g/mol. The monoisotopic (exact) mass is 389 g/mol. The number of rotatable bonds is 14. The summed E-state index contributed by atoms with van der Waals surface area (Å²) in [4.78, 5) is 0. The van der Waals surface area contributed by atoms with E-state index in [1.807, 2.05) is 0 Å². The molecule has 0 N–H and O–H groups in total. The van der Waals surface area contributed by atoms with Gasteiger partial charge in [0.15, 0.2) is 0 Å². The van der Waals surface area contributed by atoms with E-state index in [0.717, 1.165) is 0 Å². The molecule has 2 aromatic carbocycles. The molecule has 0 saturated carbocycles. The minimum atomic E-state index is 1.25. The lowest BCUT2D eigenvalue weighted by atomic mass is 9.89. The quantitative estimate of drug-likeness (QED) is 0.241. The molecule has 0 fully saturated rings. The van der Waals surface area contributed by atoms with Gasteiger partial charge in [-0.3, -0.25) is 0 Å². The molecule has 0 amide bonds. The van der Waals surface area contributed by atoms with Crippen LogP contribution in [-0.2, 0) is 12.8 Å². The van der Waals surface area contributed by atoms with Crippen LogP contribution in [0.25, 0.3) is 11.1 Å². The third-order valence-electron chi connectivity index (χ3n) is 6.58. The summed E-state index contributed by atoms with van der Waals surface area (Å²) in [6.45, 7) is 4.60. The SMILES string of the molecule is CCCCCCCCc1ccc2c(c1CCCCCCCC)[CH]c1ccccc1-2. The van der Waals surface area contributed by atoms with Gasteiger partial charge in [0.1, 0.15) is 0 Å². The summed E-state index contributed by atoms with van der Waals surface area (Å²) >= 11 is 0. The van der Waals surface area contributed by atoms with E-state index in [0.29, 0.717) is 0 Å². The van der Waals surface area contributed by atoms with Gasteiger partial charge in [-0.2, -0.15) is 0 Å². The van der Waals surface area contributed by atoms with Crippen molar-refractivity contribution < 1.29 is 0 Å². The van der Waals surface area contributed by atoms with Crippen LogP contribution in [0.5, 0.6) is 0 Å². The van der Waals surface area contributed by atoms with Crippen molar-refractivity contribution in [1.29, 1.82) is 0 Å². The fraction of sp³-hybridized carbons (Fsp3) is 0.552. The van der Waals surface area contributed by atoms with Crippen molar-refractivity contribution >= 4 is 0 Å². The average molecular weight is 390 g/mol. The predicted octanol–water partition coefficient (Wildman–Crippen LogP) is 9.07. The van der Waals surface area contributed by atoms with E-state index in [1.54, 1.807) is 11.1 Å². The molecule has 0 aromatic heterocycles. The van der Waals surface area contributed by atoms with E-state index in [1.165, 1.54) is 112 Å². The van der Waals surface area contributed by atoms with Gasteiger partial charge < -0.3 is 0 Å². The van der Waals surface area contributed by atoms with Crippen molar-refractivity contribution in [2.24, 2.45) is 0 Å². The first-order valence-electron chi connectivity index (χ1n) is 12.4. The van der Waals surface area contributed by atoms with E-state index in [4.69, 9.17) is 0 Å². The van der Waals surface area contributed by atoms with Crippen LogP contribution in [0.15, 0.2) is 36.4 Å². The van der Waals surface area contributed by atoms with Gasteiger partial charge in [0, 0.05) is 6.42 Å². The van der Waals surface area contributed by atoms with Gasteiger partial charge >= 0.3 is 0 Å². The topological polar surface area (TPSA) is 0 Å². The lowest BCUT2D eigenvalue weighted by Crippen LogP contribution is -2.00. The second kappa shape index (κ2) is 12.2. The minimum Gasteiger partial charge on any atom is -0.0654 e. The Hall–Kier alpha value is -1.56. The van der Waals surface area contributed by atoms with Gasteiger partial charge in [-0.1, -0.05) is 114 Å². The second-order valence-electron chi connectivity index (χ2n) is 8.93. The van der Waals surface area contributed by atoms with Gasteiger partial charge in [0.05, 0.1) is 0 Å². The van der Waals surface area contributed by atoms with Crippen molar-refractivity contribution in [3.8, 4) is 11.1 Å². The minimum absolute atomic E-state index is 1.25. The molecule has 0 saturated heterocycles. The highest BCUT2D eigenvalue weighted by Crippen LogP contribution is 2.41. The fourth-order valence-electron chi connectivity index (χ4n) is 4.84. The van der Waals surface area contributed by atoms with Crippen molar-refractivity contribution in [2.45, 2.75) is 104 Å². The summed E-state index contributed by atoms with van der Waals surface area (Å²) in [5.41, 5.74) is 9.11. The number of hydrogen-bond donors (Lipinski definition) is 0. The fourth-order valence-corrected chi connectivity index (χ4v) is 4.84. The molecule has 0 heterocycles. The Labute approximate surface area is 180 Å². The lowest BCUT2D eigenvalue weighted by Gasteiger charge is -2.15. The lowest BCUT2D eigenvalue weighted by molar-refractivity contribution is 0.599. The van der Waals surface area contributed by atoms with Gasteiger partial charge in [0.25, 0.3) is 0 Å². The molecule has 1 radical (unpaired) electrons. The van der Waals surface area contributed by atoms with Crippen LogP contribution in [0.2, 0.25) is 0 Å². The molecule has 0 bridgehead atoms. The maximum absolute atomic E-state index is 2.46. The van der Waals surface area contributed by atoms with Crippen LogP contribution >= 0.6 is 0 Å². The van der Waals surface area contributed by atoms with Crippen molar-refractivity contribution in [1.82, 2.24) is 0 Å². The molecule has 1 aliphatic carbocycles. The Morgan fingerprint density at radius 1 is 0.552 bits per heavy atom. The Balaban J connectivity index is 1.66. The zero-order chi connectivity index (χ0) is 20.3. The van der Waals surface area contributed by atoms with Crippen LogP contribution in [0.4, 0.5) is 0 Å². The van der Waals surface area contributed by atoms with E-state index in [9.17, 15) is 0 Å². The molecule has 0 nitrogen and oxygen atoms in total. The first kappa shape index (κ1) is 22.1. The number of aryl methyl sites for hydroxylation is 1. The number of benzene rings is 2. The van der Waals surface area contributed by atoms with E-state index < -0.39 is 0 Å². The summed E-state index contributed by atoms with van der Waals surface area (Å²) in [5.74, 6) is 0. The number of hydrogen-bond acceptors (Lipinski definition) is 0. The van der Waals surface area contributed by atoms with Crippen LogP contribution in [-0.4, -0.2) is 0 Å². The summed E-state index contributed by atoms with van der Waals surface area (Å²) in [6, 6.07) is 13.8. The molecule has 1 aliphatic rings. The van der Waals surface area contributed by atoms with Crippen LogP contribution in [0, 0.1) is 6.42 Å². The molecule has 157 valence electrons. The number of fused-ring (bicyclic) bond motifs is 3. The zero-order valence-electron chi connectivity index (χ0n) is 18.9. The van der Waals surface area contributed by atoms with Gasteiger partial charge in [-0.25, -0.2) is 0 Å². The third-order valence-corrected chi connectivity index (χ3v) is 6.58. The third kappa shape index (κ3) is 6.21. The molecule has 2 aromatic rings. The molecule has 3 rings (SSSR count). The van der Waals surface area contributed by atoms with Crippen molar-refractivity contribution in [3.63, 3.8) is 0 Å². The van der Waals surface area contributed by atoms with Crippen molar-refractivity contribution in [3.05, 3.63) is 65.1 Å². The largest absolute Gasteiger partial charge is 0.0654 e. The smallest absolute Gasteiger partial charge is 0.0214 e. The number of unbranched alkanes of at least 4 members (excludes halogenated alkanes) is 10. The molecule has 29 heavy (non-hydrogen) atoms. The molecule has 0 aliphatic heterocycles. The Kier molecular flexibility index (Phi) is 9.32. The molecule has 0 spiro atoms. The normalized spacial score (nSPS) is 12.2. The second-order valence-corrected chi connectivity index (χ2v) is 8.93. The van der Waals surface area contributed by atoms with Crippen LogP contribution in [0.1, 0.15) is 113 Å². The molecular formula is C29H41. The van der Waals surface area contributed by atoms with E-state index in [-0.39, 0.29) is 0 Å². The zero-order valence-corrected chi connectivity index (χ0v) is 18.9. The summed E-state index contributed by atoms with van der Waals surface area (Å²) in [6.07, 6.45) is 21.5. The van der Waals surface area contributed by atoms with E-state index >= 15 is 0 Å².